The first-order valence-corrected chi connectivity index (χ1v) is 6.88. The van der Waals surface area contributed by atoms with E-state index in [4.69, 9.17) is 5.11 Å². The maximum atomic E-state index is 8.59. The van der Waals surface area contributed by atoms with Crippen LogP contribution < -0.4 is 5.32 Å². The molecule has 86 valence electrons. The van der Waals surface area contributed by atoms with Crippen LogP contribution in [0.4, 0.5) is 0 Å². The molecule has 0 saturated carbocycles. The molecule has 3 heteroatoms. The zero-order chi connectivity index (χ0) is 10.6. The molecule has 0 aliphatic heterocycles. The third kappa shape index (κ3) is 10.4. The maximum absolute atomic E-state index is 8.59. The monoisotopic (exact) mass is 219 g/mol. The van der Waals surface area contributed by atoms with E-state index in [2.05, 4.69) is 19.2 Å². The summed E-state index contributed by atoms with van der Waals surface area (Å²) in [6.07, 6.45) is 4.53. The topological polar surface area (TPSA) is 32.3 Å². The van der Waals surface area contributed by atoms with Gasteiger partial charge < -0.3 is 10.4 Å². The number of unbranched alkanes of at least 4 members (excludes halogenated alkanes) is 2. The molecular weight excluding hydrogens is 194 g/mol. The quantitative estimate of drug-likeness (QED) is 0.553. The van der Waals surface area contributed by atoms with Crippen LogP contribution in [0.2, 0.25) is 0 Å². The molecule has 0 amide bonds. The molecule has 0 fully saturated rings. The Bertz CT molecular complexity index is 111. The highest BCUT2D eigenvalue weighted by molar-refractivity contribution is 7.99. The Labute approximate surface area is 92.9 Å². The van der Waals surface area contributed by atoms with E-state index in [0.29, 0.717) is 12.6 Å². The molecule has 14 heavy (non-hydrogen) atoms. The second-order valence-corrected chi connectivity index (χ2v) is 5.02. The Morgan fingerprint density at radius 1 is 1.29 bits per heavy atom. The maximum Gasteiger partial charge on any atom is 0.0431 e. The van der Waals surface area contributed by atoms with Crippen LogP contribution in [0.5, 0.6) is 0 Å². The van der Waals surface area contributed by atoms with Crippen LogP contribution in [-0.4, -0.2) is 35.8 Å². The van der Waals surface area contributed by atoms with E-state index in [1.165, 1.54) is 24.3 Å². The Morgan fingerprint density at radius 3 is 2.71 bits per heavy atom. The summed E-state index contributed by atoms with van der Waals surface area (Å²) in [6.45, 7) is 5.89. The highest BCUT2D eigenvalue weighted by Crippen LogP contribution is 2.03. The molecule has 0 aliphatic carbocycles. The number of aliphatic hydroxyl groups is 1. The van der Waals surface area contributed by atoms with E-state index >= 15 is 0 Å². The summed E-state index contributed by atoms with van der Waals surface area (Å²) in [5, 5.41) is 12.1. The molecule has 0 saturated heterocycles. The molecule has 1 atom stereocenters. The van der Waals surface area contributed by atoms with E-state index in [9.17, 15) is 0 Å². The summed E-state index contributed by atoms with van der Waals surface area (Å²) in [5.41, 5.74) is 0. The van der Waals surface area contributed by atoms with Gasteiger partial charge in [0.25, 0.3) is 0 Å². The van der Waals surface area contributed by atoms with Crippen LogP contribution in [0.1, 0.15) is 39.5 Å². The van der Waals surface area contributed by atoms with Crippen LogP contribution in [0.25, 0.3) is 0 Å². The second-order valence-electron chi connectivity index (χ2n) is 3.63. The summed E-state index contributed by atoms with van der Waals surface area (Å²) in [7, 11) is 0. The van der Waals surface area contributed by atoms with Gasteiger partial charge in [0, 0.05) is 12.6 Å². The van der Waals surface area contributed by atoms with E-state index in [-0.39, 0.29) is 0 Å². The minimum absolute atomic E-state index is 0.336. The minimum atomic E-state index is 0.336. The van der Waals surface area contributed by atoms with Gasteiger partial charge in [-0.3, -0.25) is 0 Å². The lowest BCUT2D eigenvalue weighted by molar-refractivity contribution is 0.282. The largest absolute Gasteiger partial charge is 0.396 e. The van der Waals surface area contributed by atoms with Gasteiger partial charge in [0.1, 0.15) is 0 Å². The Morgan fingerprint density at radius 2 is 2.07 bits per heavy atom. The second kappa shape index (κ2) is 11.3. The predicted molar refractivity (Wildman–Crippen MR) is 66.0 cm³/mol. The number of nitrogens with one attached hydrogen (secondary N) is 1. The van der Waals surface area contributed by atoms with Crippen molar-refractivity contribution in [3.63, 3.8) is 0 Å². The van der Waals surface area contributed by atoms with Crippen molar-refractivity contribution < 1.29 is 5.11 Å². The fourth-order valence-electron chi connectivity index (χ4n) is 1.27. The highest BCUT2D eigenvalue weighted by atomic mass is 32.2. The summed E-state index contributed by atoms with van der Waals surface area (Å²) in [6, 6.07) is 0.642. The van der Waals surface area contributed by atoms with Gasteiger partial charge in [-0.2, -0.15) is 11.8 Å². The highest BCUT2D eigenvalue weighted by Gasteiger charge is 1.99. The molecule has 0 aromatic heterocycles. The molecule has 0 rings (SSSR count). The molecule has 1 unspecified atom stereocenters. The average Bonchev–Trinajstić information content (AvgIpc) is 2.18. The van der Waals surface area contributed by atoms with E-state index in [1.807, 2.05) is 11.8 Å². The van der Waals surface area contributed by atoms with Crippen LogP contribution >= 0.6 is 11.8 Å². The van der Waals surface area contributed by atoms with Gasteiger partial charge in [0.15, 0.2) is 0 Å². The normalized spacial score (nSPS) is 13.1. The Hall–Kier alpha value is 0.270. The Kier molecular flexibility index (Phi) is 11.6. The molecule has 0 heterocycles. The molecule has 0 radical (unpaired) electrons. The van der Waals surface area contributed by atoms with Crippen molar-refractivity contribution in [1.29, 1.82) is 0 Å². The van der Waals surface area contributed by atoms with Gasteiger partial charge in [-0.1, -0.05) is 6.92 Å². The minimum Gasteiger partial charge on any atom is -0.396 e. The van der Waals surface area contributed by atoms with Crippen LogP contribution in [0.15, 0.2) is 0 Å². The molecule has 2 N–H and O–H groups in total. The number of hydrogen-bond donors (Lipinski definition) is 2. The summed E-state index contributed by atoms with van der Waals surface area (Å²) < 4.78 is 0. The zero-order valence-corrected chi connectivity index (χ0v) is 10.4. The van der Waals surface area contributed by atoms with Crippen LogP contribution in [-0.2, 0) is 0 Å². The summed E-state index contributed by atoms with van der Waals surface area (Å²) in [5.74, 6) is 2.49. The number of aliphatic hydroxyl groups excluding tert-OH is 1. The molecule has 0 aromatic rings. The van der Waals surface area contributed by atoms with Gasteiger partial charge in [0.2, 0.25) is 0 Å². The van der Waals surface area contributed by atoms with Gasteiger partial charge in [-0.05, 0) is 50.7 Å². The van der Waals surface area contributed by atoms with Crippen molar-refractivity contribution in [1.82, 2.24) is 5.32 Å². The van der Waals surface area contributed by atoms with Crippen molar-refractivity contribution in [3.05, 3.63) is 0 Å². The van der Waals surface area contributed by atoms with Gasteiger partial charge >= 0.3 is 0 Å². The molecular formula is C11H25NOS. The van der Waals surface area contributed by atoms with Crippen molar-refractivity contribution in [2.45, 2.75) is 45.6 Å². The lowest BCUT2D eigenvalue weighted by Crippen LogP contribution is -2.27. The molecule has 0 spiro atoms. The van der Waals surface area contributed by atoms with Gasteiger partial charge in [0.05, 0.1) is 0 Å². The van der Waals surface area contributed by atoms with Crippen molar-refractivity contribution in [2.75, 3.05) is 24.7 Å². The lowest BCUT2D eigenvalue weighted by Gasteiger charge is -2.12. The van der Waals surface area contributed by atoms with Crippen molar-refractivity contribution in [2.24, 2.45) is 0 Å². The first kappa shape index (κ1) is 14.3. The third-order valence-corrected chi connectivity index (χ3v) is 3.16. The SMILES string of the molecule is CCSCCC(C)NCCCCCO. The van der Waals surface area contributed by atoms with Crippen LogP contribution in [0.3, 0.4) is 0 Å². The van der Waals surface area contributed by atoms with Gasteiger partial charge in [-0.25, -0.2) is 0 Å². The molecule has 0 aliphatic rings. The summed E-state index contributed by atoms with van der Waals surface area (Å²) in [4.78, 5) is 0. The zero-order valence-electron chi connectivity index (χ0n) is 9.59. The predicted octanol–water partition coefficient (Wildman–Crippen LogP) is 2.27. The standard InChI is InChI=1S/C11H25NOS/c1-3-14-10-7-11(2)12-8-5-4-6-9-13/h11-13H,3-10H2,1-2H3. The number of hydrogen-bond acceptors (Lipinski definition) is 3. The first-order valence-electron chi connectivity index (χ1n) is 5.73. The fourth-order valence-corrected chi connectivity index (χ4v) is 2.08. The summed E-state index contributed by atoms with van der Waals surface area (Å²) >= 11 is 2.01. The van der Waals surface area contributed by atoms with Gasteiger partial charge in [-0.15, -0.1) is 0 Å². The molecule has 0 bridgehead atoms. The smallest absolute Gasteiger partial charge is 0.0431 e. The van der Waals surface area contributed by atoms with E-state index in [0.717, 1.165) is 19.4 Å². The lowest BCUT2D eigenvalue weighted by atomic mass is 10.2. The molecule has 0 aromatic carbocycles. The number of thioether (sulfide) groups is 1. The third-order valence-electron chi connectivity index (χ3n) is 2.23. The van der Waals surface area contributed by atoms with E-state index < -0.39 is 0 Å². The molecule has 2 nitrogen and oxygen atoms in total. The Balaban J connectivity index is 3.06. The first-order chi connectivity index (χ1) is 6.81. The van der Waals surface area contributed by atoms with Crippen LogP contribution in [0, 0.1) is 0 Å². The number of rotatable bonds is 10. The van der Waals surface area contributed by atoms with Crippen molar-refractivity contribution in [3.8, 4) is 0 Å². The van der Waals surface area contributed by atoms with Crippen molar-refractivity contribution >= 4 is 11.8 Å². The average molecular weight is 219 g/mol. The fraction of sp³-hybridized carbons (Fsp3) is 1.00. The van der Waals surface area contributed by atoms with E-state index in [1.54, 1.807) is 0 Å².